The Labute approximate surface area is 33.5 Å². The highest BCUT2D eigenvalue weighted by Gasteiger charge is 1.75. The Balaban J connectivity index is 0.0000000733. The van der Waals surface area contributed by atoms with Crippen LogP contribution >= 0.6 is 0 Å². The van der Waals surface area contributed by atoms with E-state index >= 15 is 0 Å². The summed E-state index contributed by atoms with van der Waals surface area (Å²) in [5, 5.41) is 0. The monoisotopic (exact) mass is 70.1 g/mol. The third-order valence-corrected chi connectivity index (χ3v) is 0.236. The van der Waals surface area contributed by atoms with E-state index in [2.05, 4.69) is 12.2 Å². The van der Waals surface area contributed by atoms with Gasteiger partial charge in [-0.05, 0) is 6.42 Å². The molecule has 0 unspecified atom stereocenters. The Kier molecular flexibility index (Phi) is 3.55. The summed E-state index contributed by atoms with van der Waals surface area (Å²) in [7, 11) is 0. The van der Waals surface area contributed by atoms with Crippen LogP contribution in [0.1, 0.15) is 20.3 Å². The van der Waals surface area contributed by atoms with E-state index in [-0.39, 0.29) is 0 Å². The molecule has 0 saturated heterocycles. The maximum absolute atomic E-state index is 2.12. The van der Waals surface area contributed by atoms with Crippen molar-refractivity contribution < 1.29 is 0 Å². The van der Waals surface area contributed by atoms with Gasteiger partial charge in [0.25, 0.3) is 0 Å². The zero-order valence-corrected chi connectivity index (χ0v) is 3.86. The fraction of sp³-hybridized carbons (Fsp3) is 0.600. The zero-order valence-electron chi connectivity index (χ0n) is 3.86. The molecule has 0 radical (unpaired) electrons. The number of rotatable bonds is 0. The molecule has 0 saturated carbocycles. The molecule has 0 N–H and O–H groups in total. The first-order chi connectivity index (χ1) is 2.50. The van der Waals surface area contributed by atoms with Crippen molar-refractivity contribution in [1.29, 1.82) is 0 Å². The van der Waals surface area contributed by atoms with Crippen molar-refractivity contribution >= 4 is 0 Å². The predicted molar refractivity (Wildman–Crippen MR) is 25.1 cm³/mol. The van der Waals surface area contributed by atoms with Crippen molar-refractivity contribution in [3.8, 4) is 0 Å². The molecular weight excluding hydrogens is 60.1 g/mol. The first-order valence-corrected chi connectivity index (χ1v) is 2.15. The molecule has 30 valence electrons. The lowest BCUT2D eigenvalue weighted by Crippen LogP contribution is -0.956. The SMILES string of the molecule is C1=CC1.CC. The van der Waals surface area contributed by atoms with E-state index in [9.17, 15) is 0 Å². The fourth-order valence-electron chi connectivity index (χ4n) is 0. The van der Waals surface area contributed by atoms with Gasteiger partial charge in [0.05, 0.1) is 0 Å². The molecule has 0 spiro atoms. The van der Waals surface area contributed by atoms with Crippen LogP contribution in [0.5, 0.6) is 0 Å². The Hall–Kier alpha value is -0.260. The van der Waals surface area contributed by atoms with Gasteiger partial charge < -0.3 is 0 Å². The highest BCUT2D eigenvalue weighted by atomic mass is 13.8. The third-order valence-electron chi connectivity index (χ3n) is 0.236. The summed E-state index contributed by atoms with van der Waals surface area (Å²) < 4.78 is 0. The minimum absolute atomic E-state index is 1.25. The molecule has 0 heterocycles. The Morgan fingerprint density at radius 1 is 1.20 bits per heavy atom. The summed E-state index contributed by atoms with van der Waals surface area (Å²) in [6.07, 6.45) is 5.50. The van der Waals surface area contributed by atoms with Crippen molar-refractivity contribution in [3.05, 3.63) is 12.2 Å². The molecule has 5 heavy (non-hydrogen) atoms. The average molecular weight is 70.1 g/mol. The average Bonchev–Trinajstić information content (AvgIpc) is 2.19. The molecule has 0 fully saturated rings. The Morgan fingerprint density at radius 2 is 1.40 bits per heavy atom. The van der Waals surface area contributed by atoms with Crippen LogP contribution in [0.2, 0.25) is 0 Å². The van der Waals surface area contributed by atoms with E-state index in [4.69, 9.17) is 0 Å². The zero-order chi connectivity index (χ0) is 4.12. The molecule has 0 amide bonds. The van der Waals surface area contributed by atoms with E-state index in [0.717, 1.165) is 0 Å². The minimum atomic E-state index is 1.25. The second kappa shape index (κ2) is 3.74. The van der Waals surface area contributed by atoms with Gasteiger partial charge in [0, 0.05) is 0 Å². The number of hydrogen-bond donors (Lipinski definition) is 0. The summed E-state index contributed by atoms with van der Waals surface area (Å²) in [4.78, 5) is 0. The largest absolute Gasteiger partial charge is 0.0844 e. The van der Waals surface area contributed by atoms with Gasteiger partial charge >= 0.3 is 0 Å². The van der Waals surface area contributed by atoms with Crippen LogP contribution in [0.25, 0.3) is 0 Å². The molecular formula is C5H10. The summed E-state index contributed by atoms with van der Waals surface area (Å²) in [6, 6.07) is 0. The summed E-state index contributed by atoms with van der Waals surface area (Å²) in [5.41, 5.74) is 0. The molecule has 0 aliphatic heterocycles. The van der Waals surface area contributed by atoms with E-state index in [1.165, 1.54) is 6.42 Å². The molecule has 0 atom stereocenters. The van der Waals surface area contributed by atoms with E-state index in [1.54, 1.807) is 0 Å². The van der Waals surface area contributed by atoms with E-state index in [1.807, 2.05) is 13.8 Å². The lowest BCUT2D eigenvalue weighted by Gasteiger charge is -1.15. The smallest absolute Gasteiger partial charge is 0.0169 e. The van der Waals surface area contributed by atoms with Crippen LogP contribution in [0.15, 0.2) is 12.2 Å². The normalized spacial score (nSPS) is 12.4. The molecule has 1 aliphatic rings. The molecule has 0 heteroatoms. The Bertz CT molecular complexity index is 23.0. The van der Waals surface area contributed by atoms with E-state index in [0.29, 0.717) is 0 Å². The first-order valence-electron chi connectivity index (χ1n) is 2.15. The number of allylic oxidation sites excluding steroid dienone is 2. The quantitative estimate of drug-likeness (QED) is 0.382. The van der Waals surface area contributed by atoms with Crippen LogP contribution in [-0.2, 0) is 0 Å². The highest BCUT2D eigenvalue weighted by Crippen LogP contribution is 1.96. The van der Waals surface area contributed by atoms with Gasteiger partial charge in [0.1, 0.15) is 0 Å². The van der Waals surface area contributed by atoms with Gasteiger partial charge in [-0.15, -0.1) is 0 Å². The van der Waals surface area contributed by atoms with Gasteiger partial charge in [-0.3, -0.25) is 0 Å². The van der Waals surface area contributed by atoms with Crippen molar-refractivity contribution in [1.82, 2.24) is 0 Å². The van der Waals surface area contributed by atoms with Crippen LogP contribution in [0.3, 0.4) is 0 Å². The van der Waals surface area contributed by atoms with Gasteiger partial charge in [0.15, 0.2) is 0 Å². The van der Waals surface area contributed by atoms with Gasteiger partial charge in [-0.2, -0.15) is 0 Å². The topological polar surface area (TPSA) is 0 Å². The lowest BCUT2D eigenvalue weighted by molar-refractivity contribution is 1.50. The second-order valence-electron chi connectivity index (χ2n) is 0.707. The Morgan fingerprint density at radius 3 is 1.40 bits per heavy atom. The molecule has 0 bridgehead atoms. The van der Waals surface area contributed by atoms with Gasteiger partial charge in [-0.1, -0.05) is 26.0 Å². The van der Waals surface area contributed by atoms with Crippen LogP contribution in [0.4, 0.5) is 0 Å². The highest BCUT2D eigenvalue weighted by molar-refractivity contribution is 5.02. The minimum Gasteiger partial charge on any atom is -0.0844 e. The molecule has 1 rings (SSSR count). The lowest BCUT2D eigenvalue weighted by atomic mass is 10.9. The van der Waals surface area contributed by atoms with E-state index < -0.39 is 0 Å². The van der Waals surface area contributed by atoms with Crippen LogP contribution < -0.4 is 0 Å². The maximum Gasteiger partial charge on any atom is -0.0169 e. The molecule has 0 nitrogen and oxygen atoms in total. The summed E-state index contributed by atoms with van der Waals surface area (Å²) >= 11 is 0. The first kappa shape index (κ1) is 4.74. The maximum atomic E-state index is 2.12. The van der Waals surface area contributed by atoms with Crippen LogP contribution in [-0.4, -0.2) is 0 Å². The van der Waals surface area contributed by atoms with Crippen molar-refractivity contribution in [2.24, 2.45) is 0 Å². The van der Waals surface area contributed by atoms with Crippen molar-refractivity contribution in [2.45, 2.75) is 20.3 Å². The van der Waals surface area contributed by atoms with Gasteiger partial charge in [0.2, 0.25) is 0 Å². The molecule has 1 aliphatic carbocycles. The van der Waals surface area contributed by atoms with Crippen LogP contribution in [0, 0.1) is 0 Å². The van der Waals surface area contributed by atoms with Crippen molar-refractivity contribution in [2.75, 3.05) is 0 Å². The standard InChI is InChI=1S/C3H4.C2H6/c1-2-3-1;1-2/h1-2H,3H2;1-2H3. The third kappa shape index (κ3) is 20.7. The van der Waals surface area contributed by atoms with Crippen molar-refractivity contribution in [3.63, 3.8) is 0 Å². The summed E-state index contributed by atoms with van der Waals surface area (Å²) in [5.74, 6) is 0. The molecule has 0 aromatic carbocycles. The summed E-state index contributed by atoms with van der Waals surface area (Å²) in [6.45, 7) is 4.00. The predicted octanol–water partition coefficient (Wildman–Crippen LogP) is 1.97. The molecule has 0 aromatic heterocycles. The second-order valence-corrected chi connectivity index (χ2v) is 0.707. The van der Waals surface area contributed by atoms with Gasteiger partial charge in [-0.25, -0.2) is 0 Å². The molecule has 0 aromatic rings. The fourth-order valence-corrected chi connectivity index (χ4v) is 0. The number of hydrogen-bond acceptors (Lipinski definition) is 0.